The highest BCUT2D eigenvalue weighted by atomic mass is 32.1. The average molecular weight is 531 g/mol. The highest BCUT2D eigenvalue weighted by molar-refractivity contribution is 7.22. The maximum absolute atomic E-state index is 13.8. The van der Waals surface area contributed by atoms with Gasteiger partial charge in [0.05, 0.1) is 28.4 Å². The third kappa shape index (κ3) is 3.99. The van der Waals surface area contributed by atoms with Gasteiger partial charge in [-0.3, -0.25) is 14.5 Å². The predicted octanol–water partition coefficient (Wildman–Crippen LogP) is 5.78. The number of halogens is 1. The Bertz CT molecular complexity index is 1630. The number of benzene rings is 3. The molecule has 3 aromatic carbocycles. The zero-order chi connectivity index (χ0) is 26.6. The van der Waals surface area contributed by atoms with Crippen LogP contribution in [0.3, 0.4) is 0 Å². The van der Waals surface area contributed by atoms with Gasteiger partial charge in [-0.2, -0.15) is 0 Å². The molecule has 38 heavy (non-hydrogen) atoms. The number of anilines is 1. The normalized spacial score (nSPS) is 20.1. The van der Waals surface area contributed by atoms with E-state index in [0.29, 0.717) is 40.6 Å². The van der Waals surface area contributed by atoms with E-state index in [4.69, 9.17) is 9.47 Å². The maximum Gasteiger partial charge on any atom is 0.301 e. The van der Waals surface area contributed by atoms with Crippen molar-refractivity contribution in [3.8, 4) is 11.5 Å². The number of aliphatic hydroxyl groups excluding tert-OH is 1. The number of rotatable bonds is 5. The number of carbonyl (C=O) groups is 2. The summed E-state index contributed by atoms with van der Waals surface area (Å²) in [5.41, 5.74) is 2.34. The van der Waals surface area contributed by atoms with Crippen LogP contribution >= 0.6 is 11.3 Å². The number of ketones is 1. The van der Waals surface area contributed by atoms with E-state index in [-0.39, 0.29) is 17.4 Å². The number of nitrogens with zero attached hydrogens (tertiary/aromatic N) is 2. The van der Waals surface area contributed by atoms with Crippen molar-refractivity contribution in [3.63, 3.8) is 0 Å². The minimum atomic E-state index is -0.994. The quantitative estimate of drug-likeness (QED) is 0.200. The Labute approximate surface area is 221 Å². The summed E-state index contributed by atoms with van der Waals surface area (Å²) in [6.07, 6.45) is 0.677. The fraction of sp³-hybridized carbons (Fsp3) is 0.207. The fourth-order valence-corrected chi connectivity index (χ4v) is 5.99. The van der Waals surface area contributed by atoms with Gasteiger partial charge in [0.2, 0.25) is 0 Å². The van der Waals surface area contributed by atoms with Crippen LogP contribution in [-0.2, 0) is 16.0 Å². The Kier molecular flexibility index (Phi) is 5.87. The van der Waals surface area contributed by atoms with E-state index < -0.39 is 23.5 Å². The fourth-order valence-electron chi connectivity index (χ4n) is 4.97. The summed E-state index contributed by atoms with van der Waals surface area (Å²) in [4.78, 5) is 32.8. The molecule has 1 aromatic heterocycles. The number of ether oxygens (including phenoxy) is 2. The van der Waals surface area contributed by atoms with E-state index in [1.165, 1.54) is 40.5 Å². The zero-order valence-electron chi connectivity index (χ0n) is 20.6. The summed E-state index contributed by atoms with van der Waals surface area (Å²) in [6.45, 7) is 4.35. The summed E-state index contributed by atoms with van der Waals surface area (Å²) >= 11 is 1.23. The first kappa shape index (κ1) is 24.1. The van der Waals surface area contributed by atoms with Crippen molar-refractivity contribution < 1.29 is 28.6 Å². The Morgan fingerprint density at radius 2 is 1.95 bits per heavy atom. The second kappa shape index (κ2) is 9.25. The molecule has 3 heterocycles. The van der Waals surface area contributed by atoms with E-state index in [2.05, 4.69) is 4.98 Å². The van der Waals surface area contributed by atoms with Gasteiger partial charge >= 0.3 is 5.91 Å². The monoisotopic (exact) mass is 530 g/mol. The number of hydrogen-bond acceptors (Lipinski definition) is 7. The number of fused-ring (bicyclic) bond motifs is 2. The molecule has 2 atom stereocenters. The molecule has 2 aliphatic rings. The van der Waals surface area contributed by atoms with Crippen molar-refractivity contribution in [2.45, 2.75) is 32.4 Å². The largest absolute Gasteiger partial charge is 0.507 e. The van der Waals surface area contributed by atoms with Crippen LogP contribution in [-0.4, -0.2) is 34.5 Å². The van der Waals surface area contributed by atoms with Crippen molar-refractivity contribution in [2.24, 2.45) is 0 Å². The van der Waals surface area contributed by atoms with Gasteiger partial charge in [-0.1, -0.05) is 23.5 Å². The number of hydrogen-bond donors (Lipinski definition) is 1. The minimum Gasteiger partial charge on any atom is -0.507 e. The molecule has 7 nitrogen and oxygen atoms in total. The molecular weight excluding hydrogens is 507 g/mol. The van der Waals surface area contributed by atoms with Crippen LogP contribution < -0.4 is 14.4 Å². The highest BCUT2D eigenvalue weighted by Crippen LogP contribution is 2.45. The van der Waals surface area contributed by atoms with Crippen LogP contribution in [0.1, 0.15) is 36.6 Å². The van der Waals surface area contributed by atoms with Gasteiger partial charge in [-0.25, -0.2) is 9.37 Å². The number of amides is 1. The minimum absolute atomic E-state index is 0.00877. The molecule has 9 heteroatoms. The van der Waals surface area contributed by atoms with Gasteiger partial charge < -0.3 is 14.6 Å². The lowest BCUT2D eigenvalue weighted by Crippen LogP contribution is -2.29. The summed E-state index contributed by atoms with van der Waals surface area (Å²) in [5.74, 6) is -1.02. The van der Waals surface area contributed by atoms with Gasteiger partial charge in [0.1, 0.15) is 29.2 Å². The van der Waals surface area contributed by atoms with E-state index >= 15 is 0 Å². The molecule has 4 aromatic rings. The van der Waals surface area contributed by atoms with Gasteiger partial charge in [-0.05, 0) is 73.5 Å². The standard InChI is InChI=1S/C29H23FN2O5S/c1-3-36-20-9-10-21-23(14-20)38-29(31-21)32-25(16-4-7-19(30)8-5-16)24(27(34)28(32)35)26(33)17-6-11-22-18(13-17)12-15(2)37-22/h4-11,13-15,25,33H,3,12H2,1-2H3/b26-24+/t15-,25-/m0/s1. The lowest BCUT2D eigenvalue weighted by molar-refractivity contribution is -0.132. The second-order valence-electron chi connectivity index (χ2n) is 9.23. The molecule has 1 amide bonds. The third-order valence-corrected chi connectivity index (χ3v) is 7.68. The molecule has 0 unspecified atom stereocenters. The molecular formula is C29H23FN2O5S. The van der Waals surface area contributed by atoms with Gasteiger partial charge in [0.15, 0.2) is 5.13 Å². The molecule has 1 fully saturated rings. The molecule has 0 aliphatic carbocycles. The molecule has 0 spiro atoms. The average Bonchev–Trinajstić information content (AvgIpc) is 3.56. The second-order valence-corrected chi connectivity index (χ2v) is 10.2. The first-order valence-electron chi connectivity index (χ1n) is 12.2. The van der Waals surface area contributed by atoms with Crippen molar-refractivity contribution in [1.82, 2.24) is 4.98 Å². The van der Waals surface area contributed by atoms with Crippen LogP contribution in [0.4, 0.5) is 9.52 Å². The Morgan fingerprint density at radius 1 is 1.16 bits per heavy atom. The van der Waals surface area contributed by atoms with Crippen molar-refractivity contribution >= 4 is 44.1 Å². The zero-order valence-corrected chi connectivity index (χ0v) is 21.4. The van der Waals surface area contributed by atoms with Gasteiger partial charge in [0.25, 0.3) is 5.78 Å². The molecule has 1 saturated heterocycles. The first-order valence-corrected chi connectivity index (χ1v) is 13.1. The Morgan fingerprint density at radius 3 is 2.71 bits per heavy atom. The summed E-state index contributed by atoms with van der Waals surface area (Å²) in [6, 6.07) is 15.1. The Balaban J connectivity index is 1.50. The van der Waals surface area contributed by atoms with Crippen LogP contribution in [0.5, 0.6) is 11.5 Å². The van der Waals surface area contributed by atoms with E-state index in [0.717, 1.165) is 16.0 Å². The molecule has 6 rings (SSSR count). The van der Waals surface area contributed by atoms with Crippen LogP contribution in [0.2, 0.25) is 0 Å². The maximum atomic E-state index is 13.8. The molecule has 2 aliphatic heterocycles. The first-order chi connectivity index (χ1) is 18.3. The summed E-state index contributed by atoms with van der Waals surface area (Å²) < 4.78 is 25.9. The van der Waals surface area contributed by atoms with Crippen LogP contribution in [0.25, 0.3) is 16.0 Å². The van der Waals surface area contributed by atoms with E-state index in [9.17, 15) is 19.1 Å². The molecule has 1 N–H and O–H groups in total. The lowest BCUT2D eigenvalue weighted by Gasteiger charge is -2.23. The smallest absolute Gasteiger partial charge is 0.301 e. The number of Topliss-reactive ketones (excluding diaryl/α,β-unsaturated/α-hetero) is 1. The number of aromatic nitrogens is 1. The van der Waals surface area contributed by atoms with Crippen molar-refractivity contribution in [2.75, 3.05) is 11.5 Å². The van der Waals surface area contributed by atoms with E-state index in [1.807, 2.05) is 19.9 Å². The van der Waals surface area contributed by atoms with Crippen LogP contribution in [0, 0.1) is 5.82 Å². The van der Waals surface area contributed by atoms with Crippen molar-refractivity contribution in [3.05, 3.63) is 88.7 Å². The topological polar surface area (TPSA) is 89.0 Å². The third-order valence-electron chi connectivity index (χ3n) is 6.67. The molecule has 0 saturated carbocycles. The molecule has 192 valence electrons. The number of thiazole rings is 1. The van der Waals surface area contributed by atoms with Crippen molar-refractivity contribution in [1.29, 1.82) is 0 Å². The summed E-state index contributed by atoms with van der Waals surface area (Å²) in [5, 5.41) is 11.7. The molecule has 0 bridgehead atoms. The van der Waals surface area contributed by atoms with Gasteiger partial charge in [-0.15, -0.1) is 0 Å². The van der Waals surface area contributed by atoms with E-state index in [1.54, 1.807) is 30.3 Å². The number of aliphatic hydroxyl groups is 1. The molecule has 0 radical (unpaired) electrons. The van der Waals surface area contributed by atoms with Gasteiger partial charge in [0, 0.05) is 12.0 Å². The lowest BCUT2D eigenvalue weighted by atomic mass is 9.94. The van der Waals surface area contributed by atoms with Crippen LogP contribution in [0.15, 0.2) is 66.2 Å². The number of carbonyl (C=O) groups excluding carboxylic acids is 2. The highest BCUT2D eigenvalue weighted by Gasteiger charge is 2.48. The predicted molar refractivity (Wildman–Crippen MR) is 142 cm³/mol. The SMILES string of the molecule is CCOc1ccc2nc(N3C(=O)C(=O)/C(=C(/O)c4ccc5c(c4)C[C@H](C)O5)[C@@H]3c3ccc(F)cc3)sc2c1. The summed E-state index contributed by atoms with van der Waals surface area (Å²) in [7, 11) is 0. The Hall–Kier alpha value is -4.24.